The van der Waals surface area contributed by atoms with E-state index in [1.807, 2.05) is 0 Å². The van der Waals surface area contributed by atoms with Crippen LogP contribution in [-0.4, -0.2) is 57.9 Å². The van der Waals surface area contributed by atoms with Gasteiger partial charge in [0.05, 0.1) is 24.9 Å². The second-order valence-electron chi connectivity index (χ2n) is 4.26. The van der Waals surface area contributed by atoms with Gasteiger partial charge in [0.2, 0.25) is 10.0 Å². The van der Waals surface area contributed by atoms with E-state index in [0.29, 0.717) is 26.0 Å². The normalized spacial score (nSPS) is 21.8. The van der Waals surface area contributed by atoms with E-state index >= 15 is 0 Å². The number of carbonyl (C=O) groups is 1. The molecule has 0 saturated carbocycles. The van der Waals surface area contributed by atoms with Crippen LogP contribution in [0.5, 0.6) is 0 Å². The van der Waals surface area contributed by atoms with Gasteiger partial charge in [-0.2, -0.15) is 0 Å². The first-order chi connectivity index (χ1) is 8.51. The molecule has 6 nitrogen and oxygen atoms in total. The minimum atomic E-state index is -3.33. The van der Waals surface area contributed by atoms with Crippen molar-refractivity contribution < 1.29 is 22.7 Å². The van der Waals surface area contributed by atoms with Crippen LogP contribution < -0.4 is 0 Å². The Morgan fingerprint density at radius 3 is 2.78 bits per heavy atom. The van der Waals surface area contributed by atoms with E-state index in [1.54, 1.807) is 6.92 Å². The van der Waals surface area contributed by atoms with E-state index in [1.165, 1.54) is 11.4 Å². The van der Waals surface area contributed by atoms with Crippen molar-refractivity contribution >= 4 is 16.0 Å². The lowest BCUT2D eigenvalue weighted by molar-refractivity contribution is -0.149. The summed E-state index contributed by atoms with van der Waals surface area (Å²) in [4.78, 5) is 11.6. The highest BCUT2D eigenvalue weighted by Gasteiger charge is 2.32. The topological polar surface area (TPSA) is 72.9 Å². The molecule has 0 N–H and O–H groups in total. The Hall–Kier alpha value is -0.660. The molecule has 0 amide bonds. The van der Waals surface area contributed by atoms with Crippen molar-refractivity contribution in [2.24, 2.45) is 5.92 Å². The Kier molecular flexibility index (Phi) is 6.04. The Bertz CT molecular complexity index is 368. The molecule has 1 aliphatic heterocycles. The van der Waals surface area contributed by atoms with Crippen LogP contribution in [0.2, 0.25) is 0 Å². The van der Waals surface area contributed by atoms with Crippen molar-refractivity contribution in [3.63, 3.8) is 0 Å². The molecule has 1 saturated heterocycles. The van der Waals surface area contributed by atoms with Crippen molar-refractivity contribution in [1.82, 2.24) is 4.31 Å². The summed E-state index contributed by atoms with van der Waals surface area (Å²) >= 11 is 0. The van der Waals surface area contributed by atoms with E-state index < -0.39 is 10.0 Å². The molecule has 1 atom stereocenters. The van der Waals surface area contributed by atoms with Gasteiger partial charge in [-0.15, -0.1) is 0 Å². The minimum Gasteiger partial charge on any atom is -0.466 e. The summed E-state index contributed by atoms with van der Waals surface area (Å²) in [5, 5.41) is 0. The number of hydrogen-bond donors (Lipinski definition) is 0. The first kappa shape index (κ1) is 15.4. The van der Waals surface area contributed by atoms with Gasteiger partial charge in [-0.25, -0.2) is 12.7 Å². The number of esters is 1. The number of carbonyl (C=O) groups excluding carboxylic acids is 1. The predicted octanol–water partition coefficient (Wildman–Crippen LogP) is 0.238. The zero-order valence-corrected chi connectivity index (χ0v) is 11.7. The molecule has 1 fully saturated rings. The van der Waals surface area contributed by atoms with Crippen molar-refractivity contribution in [3.05, 3.63) is 0 Å². The summed E-state index contributed by atoms with van der Waals surface area (Å²) in [5.74, 6) is -0.681. The van der Waals surface area contributed by atoms with Crippen LogP contribution >= 0.6 is 0 Å². The third-order valence-corrected chi connectivity index (χ3v) is 4.74. The van der Waals surface area contributed by atoms with E-state index in [0.717, 1.165) is 0 Å². The molecule has 106 valence electrons. The van der Waals surface area contributed by atoms with Crippen LogP contribution in [-0.2, 0) is 24.3 Å². The van der Waals surface area contributed by atoms with Gasteiger partial charge in [-0.1, -0.05) is 0 Å². The van der Waals surface area contributed by atoms with Gasteiger partial charge in [-0.3, -0.25) is 4.79 Å². The zero-order valence-electron chi connectivity index (χ0n) is 10.9. The first-order valence-corrected chi connectivity index (χ1v) is 7.75. The van der Waals surface area contributed by atoms with E-state index in [2.05, 4.69) is 0 Å². The summed E-state index contributed by atoms with van der Waals surface area (Å²) in [6.07, 6.45) is 1.38. The number of piperidine rings is 1. The molecule has 0 aromatic heterocycles. The first-order valence-electron chi connectivity index (χ1n) is 6.14. The highest BCUT2D eigenvalue weighted by molar-refractivity contribution is 7.89. The van der Waals surface area contributed by atoms with Gasteiger partial charge in [0, 0.05) is 20.2 Å². The van der Waals surface area contributed by atoms with Crippen LogP contribution in [0.4, 0.5) is 0 Å². The third-order valence-electron chi connectivity index (χ3n) is 2.94. The molecule has 0 unspecified atom stereocenters. The van der Waals surface area contributed by atoms with E-state index in [-0.39, 0.29) is 30.8 Å². The maximum absolute atomic E-state index is 12.0. The zero-order chi connectivity index (χ0) is 13.6. The Labute approximate surface area is 108 Å². The molecule has 0 radical (unpaired) electrons. The maximum atomic E-state index is 12.0. The lowest BCUT2D eigenvalue weighted by atomic mass is 10.0. The molecule has 0 aliphatic carbocycles. The fourth-order valence-electron chi connectivity index (χ4n) is 1.97. The summed E-state index contributed by atoms with van der Waals surface area (Å²) in [5.41, 5.74) is 0. The number of rotatable bonds is 6. The molecular weight excluding hydrogens is 258 g/mol. The molecule has 18 heavy (non-hydrogen) atoms. The van der Waals surface area contributed by atoms with E-state index in [9.17, 15) is 13.2 Å². The quantitative estimate of drug-likeness (QED) is 0.651. The standard InChI is InChI=1S/C11H21NO5S/c1-3-17-11(13)10-5-4-6-12(9-10)18(14,15)8-7-16-2/h10H,3-9H2,1-2H3/t10-/m1/s1. The number of nitrogens with zero attached hydrogens (tertiary/aromatic N) is 1. The number of ether oxygens (including phenoxy) is 2. The fourth-order valence-corrected chi connectivity index (χ4v) is 3.42. The highest BCUT2D eigenvalue weighted by Crippen LogP contribution is 2.20. The Morgan fingerprint density at radius 1 is 1.44 bits per heavy atom. The predicted molar refractivity (Wildman–Crippen MR) is 66.6 cm³/mol. The highest BCUT2D eigenvalue weighted by atomic mass is 32.2. The average Bonchev–Trinajstić information content (AvgIpc) is 2.37. The second-order valence-corrected chi connectivity index (χ2v) is 6.35. The van der Waals surface area contributed by atoms with Gasteiger partial charge >= 0.3 is 5.97 Å². The second kappa shape index (κ2) is 7.06. The summed E-state index contributed by atoms with van der Waals surface area (Å²) < 4.78 is 35.0. The lowest BCUT2D eigenvalue weighted by Gasteiger charge is -2.30. The van der Waals surface area contributed by atoms with Crippen molar-refractivity contribution in [2.75, 3.05) is 39.2 Å². The molecule has 0 aromatic rings. The molecule has 1 rings (SSSR count). The van der Waals surface area contributed by atoms with E-state index in [4.69, 9.17) is 9.47 Å². The van der Waals surface area contributed by atoms with Gasteiger partial charge in [0.1, 0.15) is 0 Å². The number of sulfonamides is 1. The smallest absolute Gasteiger partial charge is 0.310 e. The number of methoxy groups -OCH3 is 1. The van der Waals surface area contributed by atoms with Crippen molar-refractivity contribution in [3.8, 4) is 0 Å². The monoisotopic (exact) mass is 279 g/mol. The summed E-state index contributed by atoms with van der Waals surface area (Å²) in [7, 11) is -1.86. The minimum absolute atomic E-state index is 0.0426. The molecule has 0 aromatic carbocycles. The van der Waals surface area contributed by atoms with Crippen LogP contribution in [0.1, 0.15) is 19.8 Å². The van der Waals surface area contributed by atoms with Gasteiger partial charge in [0.25, 0.3) is 0 Å². The molecule has 7 heteroatoms. The lowest BCUT2D eigenvalue weighted by Crippen LogP contribution is -2.44. The Balaban J connectivity index is 2.60. The molecule has 0 bridgehead atoms. The third kappa shape index (κ3) is 4.22. The average molecular weight is 279 g/mol. The van der Waals surface area contributed by atoms with Crippen molar-refractivity contribution in [1.29, 1.82) is 0 Å². The SMILES string of the molecule is CCOC(=O)[C@@H]1CCCN(S(=O)(=O)CCOC)C1. The van der Waals surface area contributed by atoms with Gasteiger partial charge in [-0.05, 0) is 19.8 Å². The molecule has 1 aliphatic rings. The molecular formula is C11H21NO5S. The molecule has 1 heterocycles. The van der Waals surface area contributed by atoms with Crippen LogP contribution in [0.25, 0.3) is 0 Å². The fraction of sp³-hybridized carbons (Fsp3) is 0.909. The molecule has 0 spiro atoms. The summed E-state index contributed by atoms with van der Waals surface area (Å²) in [6.45, 7) is 2.94. The van der Waals surface area contributed by atoms with Gasteiger partial charge in [0.15, 0.2) is 0 Å². The number of hydrogen-bond acceptors (Lipinski definition) is 5. The Morgan fingerprint density at radius 2 is 2.17 bits per heavy atom. The van der Waals surface area contributed by atoms with Crippen LogP contribution in [0.3, 0.4) is 0 Å². The van der Waals surface area contributed by atoms with Crippen LogP contribution in [0.15, 0.2) is 0 Å². The van der Waals surface area contributed by atoms with Gasteiger partial charge < -0.3 is 9.47 Å². The summed E-state index contributed by atoms with van der Waals surface area (Å²) in [6, 6.07) is 0. The largest absolute Gasteiger partial charge is 0.466 e. The van der Waals surface area contributed by atoms with Crippen LogP contribution in [0, 0.1) is 5.92 Å². The maximum Gasteiger partial charge on any atom is 0.310 e. The van der Waals surface area contributed by atoms with Crippen molar-refractivity contribution in [2.45, 2.75) is 19.8 Å².